The van der Waals surface area contributed by atoms with Gasteiger partial charge < -0.3 is 19.8 Å². The maximum Gasteiger partial charge on any atom is 0.295 e. The molecule has 1 saturated heterocycles. The van der Waals surface area contributed by atoms with E-state index in [9.17, 15) is 19.8 Å². The second-order valence-corrected chi connectivity index (χ2v) is 6.94. The molecule has 6 nitrogen and oxygen atoms in total. The number of hydrogen-bond donors (Lipinski definition) is 2. The van der Waals surface area contributed by atoms with Gasteiger partial charge in [-0.25, -0.2) is 0 Å². The zero-order valence-corrected chi connectivity index (χ0v) is 16.0. The molecule has 146 valence electrons. The predicted octanol–water partition coefficient (Wildman–Crippen LogP) is 2.81. The Hall–Kier alpha value is -3.12. The first-order valence-corrected chi connectivity index (χ1v) is 9.01. The van der Waals surface area contributed by atoms with Crippen LogP contribution in [0.15, 0.2) is 54.1 Å². The first-order chi connectivity index (χ1) is 13.3. The summed E-state index contributed by atoms with van der Waals surface area (Å²) >= 11 is 0. The molecule has 1 aliphatic rings. The summed E-state index contributed by atoms with van der Waals surface area (Å²) in [6.45, 7) is 3.44. The number of aliphatic hydroxyl groups is 2. The molecule has 2 N–H and O–H groups in total. The van der Waals surface area contributed by atoms with Gasteiger partial charge in [0.2, 0.25) is 0 Å². The van der Waals surface area contributed by atoms with Crippen molar-refractivity contribution in [2.75, 3.05) is 13.7 Å². The summed E-state index contributed by atoms with van der Waals surface area (Å²) in [5.41, 5.74) is 2.13. The van der Waals surface area contributed by atoms with Gasteiger partial charge in [-0.05, 0) is 31.5 Å². The Morgan fingerprint density at radius 1 is 1.11 bits per heavy atom. The first-order valence-electron chi connectivity index (χ1n) is 9.01. The van der Waals surface area contributed by atoms with E-state index in [0.717, 1.165) is 5.56 Å². The molecule has 0 radical (unpaired) electrons. The topological polar surface area (TPSA) is 87.1 Å². The van der Waals surface area contributed by atoms with Gasteiger partial charge in [0.15, 0.2) is 0 Å². The number of methoxy groups -OCH3 is 1. The average molecular weight is 381 g/mol. The van der Waals surface area contributed by atoms with Gasteiger partial charge in [0.05, 0.1) is 24.8 Å². The van der Waals surface area contributed by atoms with E-state index in [4.69, 9.17) is 4.74 Å². The Bertz CT molecular complexity index is 913. The molecule has 1 heterocycles. The number of carbonyl (C=O) groups is 2. The average Bonchev–Trinajstić information content (AvgIpc) is 2.92. The third kappa shape index (κ3) is 3.64. The molecule has 0 saturated carbocycles. The van der Waals surface area contributed by atoms with Crippen molar-refractivity contribution >= 4 is 17.4 Å². The Kier molecular flexibility index (Phi) is 5.51. The molecule has 28 heavy (non-hydrogen) atoms. The normalized spacial score (nSPS) is 19.7. The number of hydrogen-bond acceptors (Lipinski definition) is 5. The predicted molar refractivity (Wildman–Crippen MR) is 105 cm³/mol. The minimum absolute atomic E-state index is 0.0136. The largest absolute Gasteiger partial charge is 0.507 e. The van der Waals surface area contributed by atoms with E-state index in [0.29, 0.717) is 16.9 Å². The second-order valence-electron chi connectivity index (χ2n) is 6.94. The number of rotatable bonds is 5. The lowest BCUT2D eigenvalue weighted by Crippen LogP contribution is -2.35. The summed E-state index contributed by atoms with van der Waals surface area (Å²) in [7, 11) is 1.55. The summed E-state index contributed by atoms with van der Waals surface area (Å²) in [5.74, 6) is -1.10. The lowest BCUT2D eigenvalue weighted by molar-refractivity contribution is -0.140. The lowest BCUT2D eigenvalue weighted by atomic mass is 9.95. The van der Waals surface area contributed by atoms with Gasteiger partial charge in [-0.15, -0.1) is 0 Å². The van der Waals surface area contributed by atoms with Crippen LogP contribution < -0.4 is 4.74 Å². The number of benzene rings is 2. The first kappa shape index (κ1) is 19.6. The van der Waals surface area contributed by atoms with Crippen LogP contribution in [0.5, 0.6) is 5.75 Å². The van der Waals surface area contributed by atoms with Crippen LogP contribution in [0.4, 0.5) is 0 Å². The fourth-order valence-corrected chi connectivity index (χ4v) is 3.35. The lowest BCUT2D eigenvalue weighted by Gasteiger charge is -2.26. The highest BCUT2D eigenvalue weighted by Crippen LogP contribution is 2.39. The highest BCUT2D eigenvalue weighted by Gasteiger charge is 2.46. The molecule has 0 aromatic heterocycles. The molecule has 6 heteroatoms. The standard InChI is InChI=1S/C22H23NO5/c1-13-4-6-16(7-5-13)20(25)18-19(15-8-10-17(28-3)11-9-15)23(12-14(2)24)22(27)21(18)26/h4-11,14,19,24-25H,12H2,1-3H3. The van der Waals surface area contributed by atoms with Gasteiger partial charge in [-0.1, -0.05) is 42.0 Å². The zero-order chi connectivity index (χ0) is 20.4. The van der Waals surface area contributed by atoms with Crippen LogP contribution in [0.2, 0.25) is 0 Å². The Morgan fingerprint density at radius 2 is 1.71 bits per heavy atom. The number of ketones is 1. The van der Waals surface area contributed by atoms with Crippen LogP contribution in [-0.4, -0.2) is 46.6 Å². The smallest absolute Gasteiger partial charge is 0.295 e. The molecule has 1 aliphatic heterocycles. The van der Waals surface area contributed by atoms with Crippen molar-refractivity contribution in [1.82, 2.24) is 4.90 Å². The molecule has 2 aromatic rings. The van der Waals surface area contributed by atoms with Gasteiger partial charge in [0, 0.05) is 12.1 Å². The van der Waals surface area contributed by atoms with Crippen LogP contribution in [0.25, 0.3) is 5.76 Å². The molecule has 0 aliphatic carbocycles. The van der Waals surface area contributed by atoms with Crippen LogP contribution in [-0.2, 0) is 9.59 Å². The van der Waals surface area contributed by atoms with Gasteiger partial charge >= 0.3 is 0 Å². The third-order valence-electron chi connectivity index (χ3n) is 4.76. The van der Waals surface area contributed by atoms with E-state index in [1.807, 2.05) is 19.1 Å². The minimum atomic E-state index is -0.821. The summed E-state index contributed by atoms with van der Waals surface area (Å²) in [4.78, 5) is 26.7. The Morgan fingerprint density at radius 3 is 2.25 bits per heavy atom. The van der Waals surface area contributed by atoms with Crippen LogP contribution in [0.3, 0.4) is 0 Å². The molecule has 2 atom stereocenters. The van der Waals surface area contributed by atoms with Crippen molar-refractivity contribution in [2.45, 2.75) is 26.0 Å². The zero-order valence-electron chi connectivity index (χ0n) is 16.0. The van der Waals surface area contributed by atoms with Crippen molar-refractivity contribution in [2.24, 2.45) is 0 Å². The van der Waals surface area contributed by atoms with Crippen LogP contribution in [0, 0.1) is 6.92 Å². The highest BCUT2D eigenvalue weighted by molar-refractivity contribution is 6.46. The molecule has 0 bridgehead atoms. The number of carbonyl (C=O) groups excluding carboxylic acids is 2. The summed E-state index contributed by atoms with van der Waals surface area (Å²) < 4.78 is 5.17. The van der Waals surface area contributed by atoms with Crippen molar-refractivity contribution in [3.8, 4) is 5.75 Å². The molecule has 0 spiro atoms. The van der Waals surface area contributed by atoms with Crippen LogP contribution >= 0.6 is 0 Å². The summed E-state index contributed by atoms with van der Waals surface area (Å²) in [6.07, 6.45) is -0.821. The van der Waals surface area contributed by atoms with Gasteiger partial charge in [0.25, 0.3) is 11.7 Å². The number of β-amino-alcohol motifs (C(OH)–C–C–N with tert-alkyl or cyclic N) is 1. The third-order valence-corrected chi connectivity index (χ3v) is 4.76. The molecule has 1 fully saturated rings. The van der Waals surface area contributed by atoms with E-state index >= 15 is 0 Å². The number of nitrogens with zero attached hydrogens (tertiary/aromatic N) is 1. The van der Waals surface area contributed by atoms with Gasteiger partial charge in [-0.3, -0.25) is 9.59 Å². The van der Waals surface area contributed by atoms with Crippen molar-refractivity contribution in [3.63, 3.8) is 0 Å². The fraction of sp³-hybridized carbons (Fsp3) is 0.273. The molecule has 2 aromatic carbocycles. The SMILES string of the molecule is COc1ccc(C2C(=C(O)c3ccc(C)cc3)C(=O)C(=O)N2CC(C)O)cc1. The Balaban J connectivity index is 2.16. The molecule has 1 amide bonds. The van der Waals surface area contributed by atoms with Gasteiger partial charge in [-0.2, -0.15) is 0 Å². The van der Waals surface area contributed by atoms with Crippen LogP contribution in [0.1, 0.15) is 29.7 Å². The number of Topliss-reactive ketones (excluding diaryl/α,β-unsaturated/α-hetero) is 1. The van der Waals surface area contributed by atoms with Crippen molar-refractivity contribution in [3.05, 3.63) is 70.8 Å². The molecular weight excluding hydrogens is 358 g/mol. The monoisotopic (exact) mass is 381 g/mol. The van der Waals surface area contributed by atoms with E-state index in [-0.39, 0.29) is 17.9 Å². The minimum Gasteiger partial charge on any atom is -0.507 e. The second kappa shape index (κ2) is 7.86. The molecule has 2 unspecified atom stereocenters. The Labute approximate surface area is 163 Å². The number of likely N-dealkylation sites (tertiary alicyclic amines) is 1. The number of aliphatic hydroxyl groups excluding tert-OH is 2. The van der Waals surface area contributed by atoms with Crippen molar-refractivity contribution in [1.29, 1.82) is 0 Å². The van der Waals surface area contributed by atoms with E-state index in [1.165, 1.54) is 4.90 Å². The summed E-state index contributed by atoms with van der Waals surface area (Å²) in [6, 6.07) is 13.2. The number of amides is 1. The number of aryl methyl sites for hydroxylation is 1. The quantitative estimate of drug-likeness (QED) is 0.472. The molecule has 3 rings (SSSR count). The fourth-order valence-electron chi connectivity index (χ4n) is 3.35. The number of ether oxygens (including phenoxy) is 1. The highest BCUT2D eigenvalue weighted by atomic mass is 16.5. The van der Waals surface area contributed by atoms with E-state index < -0.39 is 23.8 Å². The molecular formula is C22H23NO5. The van der Waals surface area contributed by atoms with Gasteiger partial charge in [0.1, 0.15) is 11.5 Å². The van der Waals surface area contributed by atoms with E-state index in [2.05, 4.69) is 0 Å². The van der Waals surface area contributed by atoms with Crippen molar-refractivity contribution < 1.29 is 24.5 Å². The van der Waals surface area contributed by atoms with E-state index in [1.54, 1.807) is 50.4 Å². The maximum atomic E-state index is 12.8. The maximum absolute atomic E-state index is 12.8. The summed E-state index contributed by atoms with van der Waals surface area (Å²) in [5, 5.41) is 20.7.